The highest BCUT2D eigenvalue weighted by Gasteiger charge is 2.36. The van der Waals surface area contributed by atoms with Crippen LogP contribution >= 0.6 is 0 Å². The van der Waals surface area contributed by atoms with E-state index in [0.29, 0.717) is 18.8 Å². The topological polar surface area (TPSA) is 85.0 Å². The van der Waals surface area contributed by atoms with E-state index < -0.39 is 17.8 Å². The van der Waals surface area contributed by atoms with Gasteiger partial charge in [0, 0.05) is 45.0 Å². The Labute approximate surface area is 233 Å². The van der Waals surface area contributed by atoms with Gasteiger partial charge in [0.25, 0.3) is 0 Å². The molecule has 2 heterocycles. The molecule has 40 heavy (non-hydrogen) atoms. The molecule has 2 fully saturated rings. The number of halogens is 1. The number of nitrogens with one attached hydrogen (secondary N) is 2. The van der Waals surface area contributed by atoms with Gasteiger partial charge in [0.1, 0.15) is 11.9 Å². The number of carbonyl (C=O) groups is 3. The summed E-state index contributed by atoms with van der Waals surface area (Å²) < 4.78 is 13.2. The Balaban J connectivity index is 1.19. The lowest BCUT2D eigenvalue weighted by atomic mass is 9.96. The van der Waals surface area contributed by atoms with Gasteiger partial charge in [-0.2, -0.15) is 0 Å². The number of amides is 3. The molecule has 8 nitrogen and oxygen atoms in total. The van der Waals surface area contributed by atoms with Gasteiger partial charge in [0.05, 0.1) is 19.0 Å². The molecule has 0 aromatic heterocycles. The quantitative estimate of drug-likeness (QED) is 0.457. The SMILES string of the molecule is O=C(C[C@@H]1C(=O)NCCN1C(=O)CN1CCN(C(c2ccccc2)c2ccccc2)CC1)Nc1ccc(F)cc1. The number of nitrogens with zero attached hydrogens (tertiary/aromatic N) is 3. The summed E-state index contributed by atoms with van der Waals surface area (Å²) in [6.07, 6.45) is -0.168. The van der Waals surface area contributed by atoms with Crippen LogP contribution < -0.4 is 10.6 Å². The van der Waals surface area contributed by atoms with E-state index >= 15 is 0 Å². The minimum Gasteiger partial charge on any atom is -0.353 e. The van der Waals surface area contributed by atoms with Gasteiger partial charge < -0.3 is 15.5 Å². The average Bonchev–Trinajstić information content (AvgIpc) is 2.97. The largest absolute Gasteiger partial charge is 0.353 e. The van der Waals surface area contributed by atoms with Crippen molar-refractivity contribution in [2.45, 2.75) is 18.5 Å². The third kappa shape index (κ3) is 6.73. The van der Waals surface area contributed by atoms with Crippen molar-refractivity contribution in [3.63, 3.8) is 0 Å². The van der Waals surface area contributed by atoms with Crippen molar-refractivity contribution < 1.29 is 18.8 Å². The van der Waals surface area contributed by atoms with Crippen molar-refractivity contribution in [1.29, 1.82) is 0 Å². The molecule has 5 rings (SSSR count). The monoisotopic (exact) mass is 543 g/mol. The van der Waals surface area contributed by atoms with Crippen LogP contribution in [-0.4, -0.2) is 84.3 Å². The number of piperazine rings is 2. The van der Waals surface area contributed by atoms with Gasteiger partial charge in [-0.15, -0.1) is 0 Å². The van der Waals surface area contributed by atoms with Gasteiger partial charge in [-0.3, -0.25) is 24.2 Å². The maximum atomic E-state index is 13.4. The van der Waals surface area contributed by atoms with Crippen molar-refractivity contribution in [2.24, 2.45) is 0 Å². The number of carbonyl (C=O) groups excluding carboxylic acids is 3. The van der Waals surface area contributed by atoms with Crippen LogP contribution in [0, 0.1) is 5.82 Å². The van der Waals surface area contributed by atoms with Crippen molar-refractivity contribution in [2.75, 3.05) is 51.1 Å². The zero-order valence-corrected chi connectivity index (χ0v) is 22.3. The molecule has 0 saturated carbocycles. The van der Waals surface area contributed by atoms with Crippen molar-refractivity contribution in [3.05, 3.63) is 102 Å². The molecule has 208 valence electrons. The summed E-state index contributed by atoms with van der Waals surface area (Å²) in [4.78, 5) is 44.8. The van der Waals surface area contributed by atoms with E-state index in [1.807, 2.05) is 12.1 Å². The van der Waals surface area contributed by atoms with Crippen LogP contribution in [0.2, 0.25) is 0 Å². The van der Waals surface area contributed by atoms with Gasteiger partial charge in [-0.25, -0.2) is 4.39 Å². The minimum atomic E-state index is -0.886. The van der Waals surface area contributed by atoms with E-state index in [9.17, 15) is 18.8 Å². The van der Waals surface area contributed by atoms with E-state index in [0.717, 1.165) is 26.2 Å². The molecule has 0 spiro atoms. The summed E-state index contributed by atoms with van der Waals surface area (Å²) in [5.74, 6) is -1.32. The number of benzene rings is 3. The average molecular weight is 544 g/mol. The van der Waals surface area contributed by atoms with Gasteiger partial charge in [-0.1, -0.05) is 60.7 Å². The first-order chi connectivity index (χ1) is 19.5. The van der Waals surface area contributed by atoms with Crippen LogP contribution in [0.3, 0.4) is 0 Å². The van der Waals surface area contributed by atoms with Gasteiger partial charge >= 0.3 is 0 Å². The predicted octanol–water partition coefficient (Wildman–Crippen LogP) is 2.89. The lowest BCUT2D eigenvalue weighted by Gasteiger charge is -2.41. The van der Waals surface area contributed by atoms with E-state index in [1.165, 1.54) is 40.3 Å². The van der Waals surface area contributed by atoms with E-state index in [2.05, 4.69) is 69.0 Å². The van der Waals surface area contributed by atoms with Crippen LogP contribution in [-0.2, 0) is 14.4 Å². The number of hydrogen-bond donors (Lipinski definition) is 2. The lowest BCUT2D eigenvalue weighted by Crippen LogP contribution is -2.60. The highest BCUT2D eigenvalue weighted by Crippen LogP contribution is 2.29. The Morgan fingerprint density at radius 3 is 2.05 bits per heavy atom. The van der Waals surface area contributed by atoms with Crippen LogP contribution in [0.1, 0.15) is 23.6 Å². The molecule has 2 aliphatic heterocycles. The Hall–Kier alpha value is -4.08. The van der Waals surface area contributed by atoms with Crippen LogP contribution in [0.25, 0.3) is 0 Å². The fourth-order valence-corrected chi connectivity index (χ4v) is 5.48. The first-order valence-corrected chi connectivity index (χ1v) is 13.7. The van der Waals surface area contributed by atoms with E-state index in [-0.39, 0.29) is 30.8 Å². The normalized spacial score (nSPS) is 18.4. The molecular formula is C31H34FN5O3. The third-order valence-corrected chi connectivity index (χ3v) is 7.52. The van der Waals surface area contributed by atoms with Crippen LogP contribution in [0.4, 0.5) is 10.1 Å². The summed E-state index contributed by atoms with van der Waals surface area (Å²) in [7, 11) is 0. The summed E-state index contributed by atoms with van der Waals surface area (Å²) in [6, 6.07) is 25.6. The molecule has 0 unspecified atom stereocenters. The second-order valence-electron chi connectivity index (χ2n) is 10.2. The molecule has 2 aliphatic rings. The zero-order valence-electron chi connectivity index (χ0n) is 22.3. The number of anilines is 1. The standard InChI is InChI=1S/C31H34FN5O3/c32-25-11-13-26(14-12-25)34-28(38)21-27-31(40)33-15-16-37(27)29(39)22-35-17-19-36(20-18-35)30(23-7-3-1-4-8-23)24-9-5-2-6-10-24/h1-14,27,30H,15-22H2,(H,33,40)(H,34,38)/t27-/m1/s1. The van der Waals surface area contributed by atoms with Gasteiger partial charge in [0.2, 0.25) is 17.7 Å². The Morgan fingerprint density at radius 2 is 1.45 bits per heavy atom. The molecule has 1 atom stereocenters. The van der Waals surface area contributed by atoms with Crippen molar-refractivity contribution >= 4 is 23.4 Å². The second-order valence-corrected chi connectivity index (χ2v) is 10.2. The van der Waals surface area contributed by atoms with Crippen molar-refractivity contribution in [3.8, 4) is 0 Å². The summed E-state index contributed by atoms with van der Waals surface area (Å²) in [6.45, 7) is 3.93. The molecule has 3 aromatic rings. The van der Waals surface area contributed by atoms with Gasteiger partial charge in [-0.05, 0) is 35.4 Å². The Bertz CT molecular complexity index is 1260. The van der Waals surface area contributed by atoms with Crippen LogP contribution in [0.5, 0.6) is 0 Å². The Morgan fingerprint density at radius 1 is 0.850 bits per heavy atom. The Kier molecular flexibility index (Phi) is 8.83. The maximum Gasteiger partial charge on any atom is 0.243 e. The first kappa shape index (κ1) is 27.5. The molecule has 0 aliphatic carbocycles. The molecule has 0 bridgehead atoms. The molecule has 0 radical (unpaired) electrons. The van der Waals surface area contributed by atoms with Crippen molar-refractivity contribution in [1.82, 2.24) is 20.0 Å². The minimum absolute atomic E-state index is 0.134. The molecular weight excluding hydrogens is 509 g/mol. The van der Waals surface area contributed by atoms with E-state index in [4.69, 9.17) is 0 Å². The fourth-order valence-electron chi connectivity index (χ4n) is 5.48. The predicted molar refractivity (Wildman–Crippen MR) is 151 cm³/mol. The summed E-state index contributed by atoms with van der Waals surface area (Å²) >= 11 is 0. The molecule has 3 amide bonds. The van der Waals surface area contributed by atoms with Crippen LogP contribution in [0.15, 0.2) is 84.9 Å². The van der Waals surface area contributed by atoms with Gasteiger partial charge in [0.15, 0.2) is 0 Å². The second kappa shape index (κ2) is 12.8. The number of rotatable bonds is 8. The fraction of sp³-hybridized carbons (Fsp3) is 0.323. The zero-order chi connectivity index (χ0) is 27.9. The molecule has 3 aromatic carbocycles. The maximum absolute atomic E-state index is 13.4. The summed E-state index contributed by atoms with van der Waals surface area (Å²) in [5.41, 5.74) is 2.90. The molecule has 2 N–H and O–H groups in total. The highest BCUT2D eigenvalue weighted by atomic mass is 19.1. The smallest absolute Gasteiger partial charge is 0.243 e. The molecule has 9 heteroatoms. The lowest BCUT2D eigenvalue weighted by molar-refractivity contribution is -0.145. The highest BCUT2D eigenvalue weighted by molar-refractivity contribution is 5.97. The molecule has 2 saturated heterocycles. The third-order valence-electron chi connectivity index (χ3n) is 7.52. The number of hydrogen-bond acceptors (Lipinski definition) is 5. The first-order valence-electron chi connectivity index (χ1n) is 13.7. The van der Waals surface area contributed by atoms with E-state index in [1.54, 1.807) is 0 Å². The summed E-state index contributed by atoms with van der Waals surface area (Å²) in [5, 5.41) is 5.44.